The number of alkyl halides is 3. The Labute approximate surface area is 74.0 Å². The normalized spacial score (nSPS) is 11.0. The molecule has 0 aliphatic rings. The van der Waals surface area contributed by atoms with Crippen LogP contribution in [0.4, 0.5) is 13.2 Å². The fourth-order valence-electron chi connectivity index (χ4n) is 0.549. The molecule has 0 fully saturated rings. The van der Waals surface area contributed by atoms with Crippen LogP contribution in [0.1, 0.15) is 0 Å². The van der Waals surface area contributed by atoms with Crippen LogP contribution in [0.3, 0.4) is 0 Å². The molecule has 0 aliphatic heterocycles. The third-order valence-corrected chi connectivity index (χ3v) is 1.06. The first kappa shape index (κ1) is 12.0. The van der Waals surface area contributed by atoms with Crippen molar-refractivity contribution in [2.45, 2.75) is 6.18 Å². The molecule has 0 aromatic rings. The average Bonchev–Trinajstić information content (AvgIpc) is 2.00. The van der Waals surface area contributed by atoms with Gasteiger partial charge in [-0.2, -0.15) is 13.2 Å². The molecule has 0 saturated heterocycles. The van der Waals surface area contributed by atoms with Gasteiger partial charge in [0.15, 0.2) is 0 Å². The molecular weight excluding hydrogens is 185 g/mol. The minimum Gasteiger partial charge on any atom is -0.346 e. The zero-order valence-electron chi connectivity index (χ0n) is 6.95. The molecule has 0 spiro atoms. The molecule has 0 bridgehead atoms. The van der Waals surface area contributed by atoms with Crippen LogP contribution in [0, 0.1) is 0 Å². The summed E-state index contributed by atoms with van der Waals surface area (Å²) in [4.78, 5) is 10.7. The van der Waals surface area contributed by atoms with E-state index in [4.69, 9.17) is 0 Å². The van der Waals surface area contributed by atoms with Gasteiger partial charge in [0.1, 0.15) is 6.54 Å². The first-order valence-electron chi connectivity index (χ1n) is 3.61. The Kier molecular flexibility index (Phi) is 5.13. The summed E-state index contributed by atoms with van der Waals surface area (Å²) in [7, 11) is 0. The second kappa shape index (κ2) is 5.58. The van der Waals surface area contributed by atoms with E-state index < -0.39 is 18.6 Å². The quantitative estimate of drug-likeness (QED) is 0.495. The highest BCUT2D eigenvalue weighted by Crippen LogP contribution is 2.11. The highest BCUT2D eigenvalue weighted by atomic mass is 19.4. The van der Waals surface area contributed by atoms with Gasteiger partial charge < -0.3 is 10.6 Å². The van der Waals surface area contributed by atoms with E-state index in [1.165, 1.54) is 6.08 Å². The fourth-order valence-corrected chi connectivity index (χ4v) is 0.549. The van der Waals surface area contributed by atoms with Gasteiger partial charge in [-0.3, -0.25) is 4.79 Å². The van der Waals surface area contributed by atoms with Gasteiger partial charge in [0.05, 0.1) is 6.54 Å². The average molecular weight is 196 g/mol. The zero-order valence-corrected chi connectivity index (χ0v) is 6.95. The maximum atomic E-state index is 11.6. The lowest BCUT2D eigenvalue weighted by Gasteiger charge is -2.07. The van der Waals surface area contributed by atoms with E-state index in [9.17, 15) is 18.0 Å². The number of rotatable bonds is 5. The van der Waals surface area contributed by atoms with E-state index in [2.05, 4.69) is 11.9 Å². The van der Waals surface area contributed by atoms with Crippen molar-refractivity contribution in [3.8, 4) is 0 Å². The van der Waals surface area contributed by atoms with Crippen molar-refractivity contribution >= 4 is 5.91 Å². The maximum absolute atomic E-state index is 11.6. The lowest BCUT2D eigenvalue weighted by molar-refractivity contribution is -0.137. The van der Waals surface area contributed by atoms with Crippen LogP contribution in [-0.2, 0) is 4.79 Å². The molecule has 0 atom stereocenters. The van der Waals surface area contributed by atoms with E-state index >= 15 is 0 Å². The third-order valence-electron chi connectivity index (χ3n) is 1.06. The van der Waals surface area contributed by atoms with Crippen molar-refractivity contribution in [1.29, 1.82) is 0 Å². The van der Waals surface area contributed by atoms with Crippen LogP contribution in [0.15, 0.2) is 12.7 Å². The molecule has 0 aliphatic carbocycles. The number of hydrogen-bond donors (Lipinski definition) is 2. The van der Waals surface area contributed by atoms with E-state index in [1.807, 2.05) is 0 Å². The van der Waals surface area contributed by atoms with Crippen LogP contribution in [0.2, 0.25) is 0 Å². The zero-order chi connectivity index (χ0) is 10.3. The predicted octanol–water partition coefficient (Wildman–Crippen LogP) is 0.441. The van der Waals surface area contributed by atoms with Crippen LogP contribution in [-0.4, -0.2) is 31.7 Å². The molecule has 2 N–H and O–H groups in total. The van der Waals surface area contributed by atoms with E-state index in [0.717, 1.165) is 0 Å². The molecule has 0 radical (unpaired) electrons. The molecule has 0 aromatic heterocycles. The van der Waals surface area contributed by atoms with Gasteiger partial charge in [0.25, 0.3) is 0 Å². The van der Waals surface area contributed by atoms with Crippen LogP contribution in [0.5, 0.6) is 0 Å². The summed E-state index contributed by atoms with van der Waals surface area (Å²) < 4.78 is 34.7. The highest BCUT2D eigenvalue weighted by Gasteiger charge is 2.27. The highest BCUT2D eigenvalue weighted by molar-refractivity contribution is 5.78. The standard InChI is InChI=1S/C7H11F3N2O/c1-2-3-11-4-6(13)12-5-7(8,9)10/h2,11H,1,3-5H2,(H,12,13). The Hall–Kier alpha value is -1.04. The molecule has 0 rings (SSSR count). The van der Waals surface area contributed by atoms with Gasteiger partial charge in [-0.05, 0) is 0 Å². The second-order valence-electron chi connectivity index (χ2n) is 2.31. The Morgan fingerprint density at radius 2 is 2.08 bits per heavy atom. The number of hydrogen-bond acceptors (Lipinski definition) is 2. The molecule has 13 heavy (non-hydrogen) atoms. The number of nitrogens with one attached hydrogen (secondary N) is 2. The summed E-state index contributed by atoms with van der Waals surface area (Å²) in [6.07, 6.45) is -2.84. The van der Waals surface area contributed by atoms with Gasteiger partial charge >= 0.3 is 6.18 Å². The van der Waals surface area contributed by atoms with Crippen molar-refractivity contribution in [2.24, 2.45) is 0 Å². The number of amides is 1. The van der Waals surface area contributed by atoms with Crippen LogP contribution >= 0.6 is 0 Å². The molecule has 0 saturated carbocycles. The van der Waals surface area contributed by atoms with Crippen LogP contribution < -0.4 is 10.6 Å². The summed E-state index contributed by atoms with van der Waals surface area (Å²) in [5.74, 6) is -0.681. The first-order chi connectivity index (χ1) is 5.95. The minimum absolute atomic E-state index is 0.137. The fraction of sp³-hybridized carbons (Fsp3) is 0.571. The SMILES string of the molecule is C=CCNCC(=O)NCC(F)(F)F. The molecule has 0 unspecified atom stereocenters. The number of carbonyl (C=O) groups excluding carboxylic acids is 1. The largest absolute Gasteiger partial charge is 0.405 e. The number of halogens is 3. The van der Waals surface area contributed by atoms with Crippen molar-refractivity contribution in [3.63, 3.8) is 0 Å². The molecule has 0 aromatic carbocycles. The smallest absolute Gasteiger partial charge is 0.346 e. The van der Waals surface area contributed by atoms with Crippen molar-refractivity contribution < 1.29 is 18.0 Å². The van der Waals surface area contributed by atoms with Crippen molar-refractivity contribution in [2.75, 3.05) is 19.6 Å². The van der Waals surface area contributed by atoms with Crippen LogP contribution in [0.25, 0.3) is 0 Å². The minimum atomic E-state index is -4.35. The lowest BCUT2D eigenvalue weighted by Crippen LogP contribution is -2.39. The second-order valence-corrected chi connectivity index (χ2v) is 2.31. The monoisotopic (exact) mass is 196 g/mol. The van der Waals surface area contributed by atoms with Gasteiger partial charge in [0, 0.05) is 6.54 Å². The van der Waals surface area contributed by atoms with E-state index in [-0.39, 0.29) is 6.54 Å². The Morgan fingerprint density at radius 3 is 2.54 bits per heavy atom. The van der Waals surface area contributed by atoms with Crippen molar-refractivity contribution in [3.05, 3.63) is 12.7 Å². The molecule has 76 valence electrons. The van der Waals surface area contributed by atoms with Gasteiger partial charge in [-0.1, -0.05) is 6.08 Å². The maximum Gasteiger partial charge on any atom is 0.405 e. The van der Waals surface area contributed by atoms with Gasteiger partial charge in [-0.15, -0.1) is 6.58 Å². The number of carbonyl (C=O) groups is 1. The Balaban J connectivity index is 3.46. The molecule has 0 heterocycles. The summed E-state index contributed by atoms with van der Waals surface area (Å²) in [6, 6.07) is 0. The predicted molar refractivity (Wildman–Crippen MR) is 42.1 cm³/mol. The first-order valence-corrected chi connectivity index (χ1v) is 3.61. The molecule has 6 heteroatoms. The summed E-state index contributed by atoms with van der Waals surface area (Å²) in [6.45, 7) is 2.33. The van der Waals surface area contributed by atoms with Crippen molar-refractivity contribution in [1.82, 2.24) is 10.6 Å². The Bertz CT molecular complexity index is 179. The van der Waals surface area contributed by atoms with Gasteiger partial charge in [0.2, 0.25) is 5.91 Å². The third kappa shape index (κ3) is 8.87. The van der Waals surface area contributed by atoms with E-state index in [0.29, 0.717) is 6.54 Å². The lowest BCUT2D eigenvalue weighted by atomic mass is 10.5. The summed E-state index contributed by atoms with van der Waals surface area (Å²) in [5.41, 5.74) is 0. The summed E-state index contributed by atoms with van der Waals surface area (Å²) >= 11 is 0. The Morgan fingerprint density at radius 1 is 1.46 bits per heavy atom. The molecule has 1 amide bonds. The summed E-state index contributed by atoms with van der Waals surface area (Å²) in [5, 5.41) is 4.29. The molecular formula is C7H11F3N2O. The van der Waals surface area contributed by atoms with E-state index in [1.54, 1.807) is 5.32 Å². The molecule has 3 nitrogen and oxygen atoms in total. The topological polar surface area (TPSA) is 41.1 Å². The van der Waals surface area contributed by atoms with Gasteiger partial charge in [-0.25, -0.2) is 0 Å².